The van der Waals surface area contributed by atoms with E-state index >= 15 is 0 Å². The van der Waals surface area contributed by atoms with Crippen molar-refractivity contribution < 1.29 is 0 Å². The Kier molecular flexibility index (Phi) is 5.40. The van der Waals surface area contributed by atoms with Crippen LogP contribution in [0.3, 0.4) is 0 Å². The van der Waals surface area contributed by atoms with E-state index in [-0.39, 0.29) is 10.8 Å². The zero-order valence-corrected chi connectivity index (χ0v) is 14.0. The molecule has 0 unspecified atom stereocenters. The Hall–Kier alpha value is -1.29. The van der Waals surface area contributed by atoms with Crippen LogP contribution in [0.4, 0.5) is 5.69 Å². The third-order valence-corrected chi connectivity index (χ3v) is 5.59. The van der Waals surface area contributed by atoms with Gasteiger partial charge in [-0.15, -0.1) is 0 Å². The molecule has 1 rings (SSSR count). The molecule has 0 amide bonds. The monoisotopic (exact) mass is 271 g/mol. The summed E-state index contributed by atoms with van der Waals surface area (Å²) >= 11 is 0. The van der Waals surface area contributed by atoms with Gasteiger partial charge in [-0.3, -0.25) is 0 Å². The van der Waals surface area contributed by atoms with Gasteiger partial charge in [-0.1, -0.05) is 65.3 Å². The molecule has 0 heterocycles. The summed E-state index contributed by atoms with van der Waals surface area (Å²) in [6.45, 7) is 21.0. The molecule has 0 fully saturated rings. The fraction of sp³-hybridized carbons (Fsp3) is 0.632. The maximum atomic E-state index is 7.56. The van der Waals surface area contributed by atoms with Crippen LogP contribution in [-0.4, -0.2) is 0 Å². The molecule has 20 heavy (non-hydrogen) atoms. The minimum absolute atomic E-state index is 0.118. The van der Waals surface area contributed by atoms with Crippen molar-refractivity contribution in [1.82, 2.24) is 0 Å². The normalized spacial score (nSPS) is 12.2. The molecular weight excluding hydrogens is 242 g/mol. The zero-order chi connectivity index (χ0) is 15.4. The van der Waals surface area contributed by atoms with Crippen molar-refractivity contribution in [2.45, 2.75) is 78.1 Å². The first-order chi connectivity index (χ1) is 9.40. The van der Waals surface area contributed by atoms with Crippen LogP contribution in [0.2, 0.25) is 0 Å². The molecule has 110 valence electrons. The van der Waals surface area contributed by atoms with Crippen LogP contribution < -0.4 is 0 Å². The Morgan fingerprint density at radius 2 is 1.40 bits per heavy atom. The minimum atomic E-state index is 0.118. The Balaban J connectivity index is 3.40. The third kappa shape index (κ3) is 2.90. The summed E-state index contributed by atoms with van der Waals surface area (Å²) in [7, 11) is 0. The average Bonchev–Trinajstić information content (AvgIpc) is 2.52. The van der Waals surface area contributed by atoms with E-state index in [2.05, 4.69) is 64.6 Å². The number of benzene rings is 1. The van der Waals surface area contributed by atoms with Crippen LogP contribution in [0.25, 0.3) is 4.85 Å². The maximum absolute atomic E-state index is 7.56. The molecule has 0 aliphatic carbocycles. The van der Waals surface area contributed by atoms with Crippen molar-refractivity contribution in [1.29, 1.82) is 0 Å². The zero-order valence-electron chi connectivity index (χ0n) is 14.0. The average molecular weight is 271 g/mol. The first-order valence-electron chi connectivity index (χ1n) is 7.93. The molecule has 0 radical (unpaired) electrons. The van der Waals surface area contributed by atoms with Gasteiger partial charge in [-0.05, 0) is 42.1 Å². The first-order valence-corrected chi connectivity index (χ1v) is 7.93. The topological polar surface area (TPSA) is 4.36 Å². The van der Waals surface area contributed by atoms with Crippen molar-refractivity contribution in [2.24, 2.45) is 0 Å². The number of nitrogens with zero attached hydrogens (tertiary/aromatic N) is 1. The van der Waals surface area contributed by atoms with Gasteiger partial charge in [0.2, 0.25) is 0 Å². The fourth-order valence-electron chi connectivity index (χ4n) is 2.80. The van der Waals surface area contributed by atoms with E-state index in [1.807, 2.05) is 0 Å². The summed E-state index contributed by atoms with van der Waals surface area (Å²) in [5.41, 5.74) is 3.68. The summed E-state index contributed by atoms with van der Waals surface area (Å²) in [6, 6.07) is 6.60. The second kappa shape index (κ2) is 6.44. The van der Waals surface area contributed by atoms with Gasteiger partial charge in [0.1, 0.15) is 0 Å². The van der Waals surface area contributed by atoms with E-state index in [4.69, 9.17) is 6.57 Å². The van der Waals surface area contributed by atoms with Crippen molar-refractivity contribution in [2.75, 3.05) is 0 Å². The Morgan fingerprint density at radius 3 is 1.80 bits per heavy atom. The highest BCUT2D eigenvalue weighted by atomic mass is 14.7. The van der Waals surface area contributed by atoms with Crippen molar-refractivity contribution in [3.63, 3.8) is 0 Å². The highest BCUT2D eigenvalue weighted by molar-refractivity contribution is 5.58. The highest BCUT2D eigenvalue weighted by Gasteiger charge is 2.28. The Labute approximate surface area is 125 Å². The quantitative estimate of drug-likeness (QED) is 0.528. The summed E-state index contributed by atoms with van der Waals surface area (Å²) < 4.78 is 0. The number of hydrogen-bond donors (Lipinski definition) is 0. The molecule has 0 N–H and O–H groups in total. The Morgan fingerprint density at radius 1 is 0.900 bits per heavy atom. The number of hydrogen-bond acceptors (Lipinski definition) is 0. The molecule has 1 heteroatoms. The van der Waals surface area contributed by atoms with E-state index in [0.29, 0.717) is 0 Å². The molecule has 0 aromatic heterocycles. The third-order valence-electron chi connectivity index (χ3n) is 5.59. The molecule has 1 aromatic carbocycles. The van der Waals surface area contributed by atoms with Gasteiger partial charge < -0.3 is 0 Å². The van der Waals surface area contributed by atoms with E-state index < -0.39 is 0 Å². The summed E-state index contributed by atoms with van der Waals surface area (Å²) in [5, 5.41) is 0. The second-order valence-corrected chi connectivity index (χ2v) is 6.38. The van der Waals surface area contributed by atoms with Crippen LogP contribution in [0, 0.1) is 6.57 Å². The lowest BCUT2D eigenvalue weighted by Gasteiger charge is -2.32. The molecule has 0 spiro atoms. The largest absolute Gasteiger partial charge is 0.238 e. The minimum Gasteiger partial charge on any atom is -0.238 e. The summed E-state index contributed by atoms with van der Waals surface area (Å²) in [4.78, 5) is 3.83. The predicted octanol–water partition coefficient (Wildman–Crippen LogP) is 6.39. The van der Waals surface area contributed by atoms with E-state index in [0.717, 1.165) is 31.4 Å². The molecule has 0 bridgehead atoms. The van der Waals surface area contributed by atoms with Gasteiger partial charge in [0, 0.05) is 0 Å². The predicted molar refractivity (Wildman–Crippen MR) is 88.6 cm³/mol. The Bertz CT molecular complexity index is 485. The SMILES string of the molecule is [C-]#[N+]c1cc(C(C)(CC)CC)ccc1C(C)(CC)CC. The first kappa shape index (κ1) is 16.8. The van der Waals surface area contributed by atoms with Gasteiger partial charge in [0.15, 0.2) is 5.69 Å². The molecule has 0 aliphatic rings. The van der Waals surface area contributed by atoms with Crippen LogP contribution in [0.15, 0.2) is 18.2 Å². The van der Waals surface area contributed by atoms with Crippen LogP contribution in [0.5, 0.6) is 0 Å². The maximum Gasteiger partial charge on any atom is 0.191 e. The molecule has 0 saturated heterocycles. The van der Waals surface area contributed by atoms with Crippen molar-refractivity contribution >= 4 is 5.69 Å². The molecule has 0 saturated carbocycles. The van der Waals surface area contributed by atoms with Gasteiger partial charge in [-0.2, -0.15) is 0 Å². The van der Waals surface area contributed by atoms with E-state index in [1.165, 1.54) is 11.1 Å². The van der Waals surface area contributed by atoms with Crippen LogP contribution >= 0.6 is 0 Å². The molecule has 1 aromatic rings. The van der Waals surface area contributed by atoms with Gasteiger partial charge in [0.05, 0.1) is 6.57 Å². The summed E-state index contributed by atoms with van der Waals surface area (Å²) in [5.74, 6) is 0. The lowest BCUT2D eigenvalue weighted by molar-refractivity contribution is 0.432. The van der Waals surface area contributed by atoms with Gasteiger partial charge >= 0.3 is 0 Å². The number of rotatable bonds is 6. The van der Waals surface area contributed by atoms with Crippen LogP contribution in [-0.2, 0) is 10.8 Å². The smallest absolute Gasteiger partial charge is 0.191 e. The standard InChI is InChI=1S/C19H29N/c1-8-18(5,9-2)15-12-13-16(17(14-15)20-7)19(6,10-3)11-4/h12-14H,8-11H2,1-6H3. The molecule has 0 aliphatic heterocycles. The second-order valence-electron chi connectivity index (χ2n) is 6.38. The summed E-state index contributed by atoms with van der Waals surface area (Å²) in [6.07, 6.45) is 4.37. The van der Waals surface area contributed by atoms with Crippen molar-refractivity contribution in [3.8, 4) is 0 Å². The van der Waals surface area contributed by atoms with Gasteiger partial charge in [0.25, 0.3) is 0 Å². The van der Waals surface area contributed by atoms with Crippen LogP contribution in [0.1, 0.15) is 78.4 Å². The van der Waals surface area contributed by atoms with E-state index in [1.54, 1.807) is 0 Å². The van der Waals surface area contributed by atoms with Crippen molar-refractivity contribution in [3.05, 3.63) is 40.7 Å². The van der Waals surface area contributed by atoms with E-state index in [9.17, 15) is 0 Å². The molecular formula is C19H29N. The van der Waals surface area contributed by atoms with Gasteiger partial charge in [-0.25, -0.2) is 4.85 Å². The highest BCUT2D eigenvalue weighted by Crippen LogP contribution is 2.41. The lowest BCUT2D eigenvalue weighted by Crippen LogP contribution is -2.22. The molecule has 1 nitrogen and oxygen atoms in total. The fourth-order valence-corrected chi connectivity index (χ4v) is 2.80. The lowest BCUT2D eigenvalue weighted by atomic mass is 9.73. The molecule has 0 atom stereocenters.